The van der Waals surface area contributed by atoms with Crippen LogP contribution >= 0.6 is 0 Å². The van der Waals surface area contributed by atoms with E-state index in [0.717, 1.165) is 10.7 Å². The predicted octanol–water partition coefficient (Wildman–Crippen LogP) is 2.26. The summed E-state index contributed by atoms with van der Waals surface area (Å²) in [6.45, 7) is 3.78. The molecule has 1 amide bonds. The minimum absolute atomic E-state index is 0. The second kappa shape index (κ2) is 10.1. The number of ether oxygens (including phenoxy) is 2. The minimum Gasteiger partial charge on any atom is -0.497 e. The molecular formula is C14H21NNaO5S. The van der Waals surface area contributed by atoms with Gasteiger partial charge in [0.25, 0.3) is 10.0 Å². The van der Waals surface area contributed by atoms with Crippen molar-refractivity contribution < 1.29 is 22.7 Å². The van der Waals surface area contributed by atoms with Gasteiger partial charge in [0.1, 0.15) is 5.75 Å². The van der Waals surface area contributed by atoms with E-state index in [1.165, 1.54) is 31.4 Å². The zero-order valence-corrected chi connectivity index (χ0v) is 16.4. The van der Waals surface area contributed by atoms with Crippen LogP contribution in [-0.2, 0) is 14.8 Å². The molecule has 0 unspecified atom stereocenters. The molecule has 22 heavy (non-hydrogen) atoms. The first-order valence-electron chi connectivity index (χ1n) is 6.80. The minimum atomic E-state index is -3.92. The number of carbonyl (C=O) groups excluding carboxylic acids is 1. The van der Waals surface area contributed by atoms with Crippen LogP contribution in [0.2, 0.25) is 0 Å². The van der Waals surface area contributed by atoms with Gasteiger partial charge >= 0.3 is 6.09 Å². The second-order valence-corrected chi connectivity index (χ2v) is 6.17. The standard InChI is InChI=1S/C14H21NO5S.Na/c1-4-6-11-15(14(16)20-5-2)21(17,18)13-9-7-12(19-3)8-10-13;/h7-10H,4-6,11H2,1-3H3;. The van der Waals surface area contributed by atoms with Gasteiger partial charge in [-0.15, -0.1) is 0 Å². The predicted molar refractivity (Wildman–Crippen MR) is 84.6 cm³/mol. The number of sulfonamides is 1. The molecule has 119 valence electrons. The van der Waals surface area contributed by atoms with Gasteiger partial charge in [0.05, 0.1) is 18.6 Å². The maximum Gasteiger partial charge on any atom is 0.423 e. The Morgan fingerprint density at radius 3 is 2.23 bits per heavy atom. The molecule has 0 spiro atoms. The third-order valence-electron chi connectivity index (χ3n) is 2.83. The molecule has 0 aliphatic carbocycles. The van der Waals surface area contributed by atoms with Gasteiger partial charge in [-0.1, -0.05) is 13.3 Å². The van der Waals surface area contributed by atoms with Crippen molar-refractivity contribution in [3.05, 3.63) is 24.3 Å². The summed E-state index contributed by atoms with van der Waals surface area (Å²) in [5.41, 5.74) is 0. The number of nitrogens with zero attached hydrogens (tertiary/aromatic N) is 1. The summed E-state index contributed by atoms with van der Waals surface area (Å²) in [6, 6.07) is 5.89. The number of carbonyl (C=O) groups is 1. The largest absolute Gasteiger partial charge is 0.497 e. The van der Waals surface area contributed by atoms with Crippen LogP contribution in [0.4, 0.5) is 4.79 Å². The number of benzene rings is 1. The Morgan fingerprint density at radius 2 is 1.77 bits per heavy atom. The maximum atomic E-state index is 12.5. The van der Waals surface area contributed by atoms with Crippen molar-refractivity contribution in [2.24, 2.45) is 0 Å². The van der Waals surface area contributed by atoms with Crippen molar-refractivity contribution in [2.75, 3.05) is 20.3 Å². The molecule has 0 aliphatic rings. The van der Waals surface area contributed by atoms with Gasteiger partial charge in [0, 0.05) is 36.1 Å². The van der Waals surface area contributed by atoms with E-state index >= 15 is 0 Å². The van der Waals surface area contributed by atoms with E-state index in [4.69, 9.17) is 9.47 Å². The van der Waals surface area contributed by atoms with Crippen LogP contribution in [0.3, 0.4) is 0 Å². The zero-order chi connectivity index (χ0) is 15.9. The van der Waals surface area contributed by atoms with Gasteiger partial charge in [-0.3, -0.25) is 0 Å². The molecule has 0 atom stereocenters. The van der Waals surface area contributed by atoms with E-state index in [1.54, 1.807) is 6.92 Å². The molecule has 1 aromatic rings. The molecule has 0 N–H and O–H groups in total. The Bertz CT molecular complexity index is 559. The van der Waals surface area contributed by atoms with Crippen molar-refractivity contribution in [2.45, 2.75) is 31.6 Å². The molecule has 0 heterocycles. The number of rotatable bonds is 7. The average molecular weight is 338 g/mol. The Hall–Kier alpha value is -0.760. The second-order valence-electron chi connectivity index (χ2n) is 4.31. The Morgan fingerprint density at radius 1 is 1.18 bits per heavy atom. The first-order valence-corrected chi connectivity index (χ1v) is 8.24. The average Bonchev–Trinajstić information content (AvgIpc) is 2.47. The molecule has 6 nitrogen and oxygen atoms in total. The van der Waals surface area contributed by atoms with E-state index in [2.05, 4.69) is 0 Å². The fourth-order valence-corrected chi connectivity index (χ4v) is 3.03. The van der Waals surface area contributed by atoms with Crippen molar-refractivity contribution in [1.29, 1.82) is 0 Å². The summed E-state index contributed by atoms with van der Waals surface area (Å²) in [6.07, 6.45) is 0.504. The molecule has 0 aliphatic heterocycles. The number of methoxy groups -OCH3 is 1. The summed E-state index contributed by atoms with van der Waals surface area (Å²) in [5.74, 6) is 0.546. The number of amides is 1. The van der Waals surface area contributed by atoms with E-state index in [0.29, 0.717) is 12.2 Å². The molecule has 1 aromatic carbocycles. The van der Waals surface area contributed by atoms with Crippen molar-refractivity contribution in [3.63, 3.8) is 0 Å². The van der Waals surface area contributed by atoms with Gasteiger partial charge in [0.2, 0.25) is 0 Å². The van der Waals surface area contributed by atoms with Crippen LogP contribution < -0.4 is 4.74 Å². The van der Waals surface area contributed by atoms with Crippen LogP contribution in [-0.4, -0.2) is 68.6 Å². The van der Waals surface area contributed by atoms with Crippen LogP contribution in [0.1, 0.15) is 26.7 Å². The van der Waals surface area contributed by atoms with Crippen LogP contribution in [0.15, 0.2) is 29.2 Å². The first kappa shape index (κ1) is 21.2. The number of unbranched alkanes of at least 4 members (excludes halogenated alkanes) is 1. The fraction of sp³-hybridized carbons (Fsp3) is 0.500. The summed E-state index contributed by atoms with van der Waals surface area (Å²) >= 11 is 0. The van der Waals surface area contributed by atoms with E-state index in [-0.39, 0.29) is 47.6 Å². The molecule has 1 rings (SSSR count). The van der Waals surface area contributed by atoms with Crippen LogP contribution in [0.25, 0.3) is 0 Å². The smallest absolute Gasteiger partial charge is 0.423 e. The molecule has 0 bridgehead atoms. The molecule has 0 saturated heterocycles. The van der Waals surface area contributed by atoms with Gasteiger partial charge in [-0.2, -0.15) is 0 Å². The first-order chi connectivity index (χ1) is 9.97. The maximum absolute atomic E-state index is 12.5. The Labute approximate surface area is 154 Å². The summed E-state index contributed by atoms with van der Waals surface area (Å²) in [4.78, 5) is 11.9. The van der Waals surface area contributed by atoms with Crippen molar-refractivity contribution in [3.8, 4) is 5.75 Å². The summed E-state index contributed by atoms with van der Waals surface area (Å²) < 4.78 is 35.7. The van der Waals surface area contributed by atoms with Crippen molar-refractivity contribution >= 4 is 45.7 Å². The molecule has 8 heteroatoms. The molecule has 0 aromatic heterocycles. The molecule has 0 fully saturated rings. The van der Waals surface area contributed by atoms with E-state index < -0.39 is 16.1 Å². The monoisotopic (exact) mass is 338 g/mol. The van der Waals surface area contributed by atoms with Crippen LogP contribution in [0.5, 0.6) is 5.75 Å². The third kappa shape index (κ3) is 5.46. The molecular weight excluding hydrogens is 317 g/mol. The number of hydrogen-bond acceptors (Lipinski definition) is 5. The fourth-order valence-electron chi connectivity index (χ4n) is 1.68. The zero-order valence-electron chi connectivity index (χ0n) is 13.5. The Kier molecular flexibility index (Phi) is 9.75. The van der Waals surface area contributed by atoms with Gasteiger partial charge in [-0.25, -0.2) is 17.5 Å². The van der Waals surface area contributed by atoms with E-state index in [9.17, 15) is 13.2 Å². The molecule has 0 saturated carbocycles. The third-order valence-corrected chi connectivity index (χ3v) is 4.61. The van der Waals surface area contributed by atoms with Gasteiger partial charge < -0.3 is 9.47 Å². The summed E-state index contributed by atoms with van der Waals surface area (Å²) in [7, 11) is -2.42. The molecule has 1 radical (unpaired) electrons. The van der Waals surface area contributed by atoms with E-state index in [1.807, 2.05) is 6.92 Å². The SMILES string of the molecule is CCCCN(C(=O)OCC)S(=O)(=O)c1ccc(OC)cc1.[Na]. The van der Waals surface area contributed by atoms with Crippen molar-refractivity contribution in [1.82, 2.24) is 4.31 Å². The summed E-state index contributed by atoms with van der Waals surface area (Å²) in [5, 5.41) is 0. The number of hydrogen-bond donors (Lipinski definition) is 0. The van der Waals surface area contributed by atoms with Crippen LogP contribution in [0, 0.1) is 0 Å². The normalized spacial score (nSPS) is 10.5. The quantitative estimate of drug-likeness (QED) is 0.713. The van der Waals surface area contributed by atoms with Gasteiger partial charge in [-0.05, 0) is 37.6 Å². The van der Waals surface area contributed by atoms with Gasteiger partial charge in [0.15, 0.2) is 0 Å². The topological polar surface area (TPSA) is 72.9 Å². The Balaban J connectivity index is 0.00000441.